The molecule has 0 saturated heterocycles. The van der Waals surface area contributed by atoms with Crippen LogP contribution in [0.5, 0.6) is 5.75 Å². The van der Waals surface area contributed by atoms with Crippen LogP contribution >= 0.6 is 0 Å². The van der Waals surface area contributed by atoms with Crippen molar-refractivity contribution in [1.82, 2.24) is 9.78 Å². The minimum absolute atomic E-state index is 0.0187. The van der Waals surface area contributed by atoms with E-state index in [1.54, 1.807) is 16.9 Å². The van der Waals surface area contributed by atoms with Crippen LogP contribution in [0.3, 0.4) is 0 Å². The van der Waals surface area contributed by atoms with Crippen LogP contribution in [0.2, 0.25) is 0 Å². The number of hydrogen-bond acceptors (Lipinski definition) is 5. The van der Waals surface area contributed by atoms with E-state index < -0.39 is 4.92 Å². The molecular formula is C14H18N4O3. The highest BCUT2D eigenvalue weighted by molar-refractivity contribution is 5.56. The van der Waals surface area contributed by atoms with Crippen LogP contribution in [0.1, 0.15) is 13.3 Å². The summed E-state index contributed by atoms with van der Waals surface area (Å²) in [6, 6.07) is 6.56. The zero-order valence-electron chi connectivity index (χ0n) is 11.9. The van der Waals surface area contributed by atoms with E-state index in [9.17, 15) is 10.1 Å². The van der Waals surface area contributed by atoms with Gasteiger partial charge in [-0.15, -0.1) is 0 Å². The van der Waals surface area contributed by atoms with Gasteiger partial charge in [0.15, 0.2) is 0 Å². The van der Waals surface area contributed by atoms with Crippen molar-refractivity contribution >= 4 is 11.4 Å². The molecule has 7 nitrogen and oxygen atoms in total. The van der Waals surface area contributed by atoms with Gasteiger partial charge in [0.2, 0.25) is 0 Å². The van der Waals surface area contributed by atoms with Crippen LogP contribution in [0.15, 0.2) is 36.7 Å². The second-order valence-corrected chi connectivity index (χ2v) is 4.52. The van der Waals surface area contributed by atoms with Crippen LogP contribution in [-0.4, -0.2) is 27.9 Å². The van der Waals surface area contributed by atoms with Gasteiger partial charge in [0.05, 0.1) is 24.1 Å². The summed E-state index contributed by atoms with van der Waals surface area (Å²) in [5.74, 6) is 0.507. The third-order valence-corrected chi connectivity index (χ3v) is 2.80. The Morgan fingerprint density at radius 2 is 2.29 bits per heavy atom. The molecule has 0 radical (unpaired) electrons. The van der Waals surface area contributed by atoms with Crippen LogP contribution in [-0.2, 0) is 6.54 Å². The molecule has 0 unspecified atom stereocenters. The lowest BCUT2D eigenvalue weighted by Crippen LogP contribution is -2.11. The van der Waals surface area contributed by atoms with Crippen LogP contribution in [0.4, 0.5) is 11.4 Å². The molecular weight excluding hydrogens is 272 g/mol. The summed E-state index contributed by atoms with van der Waals surface area (Å²) in [7, 11) is 0. The predicted molar refractivity (Wildman–Crippen MR) is 79.6 cm³/mol. The van der Waals surface area contributed by atoms with Gasteiger partial charge in [-0.1, -0.05) is 6.92 Å². The smallest absolute Gasteiger partial charge is 0.275 e. The fourth-order valence-corrected chi connectivity index (χ4v) is 1.84. The van der Waals surface area contributed by atoms with Gasteiger partial charge in [-0.05, 0) is 12.5 Å². The number of non-ortho nitro benzene ring substituents is 1. The summed E-state index contributed by atoms with van der Waals surface area (Å²) in [4.78, 5) is 10.5. The van der Waals surface area contributed by atoms with Gasteiger partial charge in [0, 0.05) is 36.8 Å². The Morgan fingerprint density at radius 1 is 1.43 bits per heavy atom. The predicted octanol–water partition coefficient (Wildman–Crippen LogP) is 2.69. The SMILES string of the molecule is CCCOc1cc(NCCn2cccn2)cc([N+](=O)[O-])c1. The van der Waals surface area contributed by atoms with Crippen molar-refractivity contribution in [2.75, 3.05) is 18.5 Å². The van der Waals surface area contributed by atoms with Gasteiger partial charge in [0.1, 0.15) is 5.75 Å². The maximum absolute atomic E-state index is 10.9. The Balaban J connectivity index is 2.02. The zero-order valence-corrected chi connectivity index (χ0v) is 11.9. The lowest BCUT2D eigenvalue weighted by molar-refractivity contribution is -0.384. The molecule has 0 amide bonds. The summed E-state index contributed by atoms with van der Waals surface area (Å²) in [6.45, 7) is 3.82. The number of nitrogens with one attached hydrogen (secondary N) is 1. The first-order valence-electron chi connectivity index (χ1n) is 6.82. The van der Waals surface area contributed by atoms with Crippen molar-refractivity contribution in [1.29, 1.82) is 0 Å². The van der Waals surface area contributed by atoms with Crippen LogP contribution < -0.4 is 10.1 Å². The van der Waals surface area contributed by atoms with Crippen molar-refractivity contribution < 1.29 is 9.66 Å². The molecule has 0 fully saturated rings. The van der Waals surface area contributed by atoms with Gasteiger partial charge < -0.3 is 10.1 Å². The molecule has 2 rings (SSSR count). The fraction of sp³-hybridized carbons (Fsp3) is 0.357. The molecule has 1 heterocycles. The van der Waals surface area contributed by atoms with E-state index in [0.29, 0.717) is 31.1 Å². The summed E-state index contributed by atoms with van der Waals surface area (Å²) < 4.78 is 7.27. The highest BCUT2D eigenvalue weighted by Gasteiger charge is 2.10. The average molecular weight is 290 g/mol. The summed E-state index contributed by atoms with van der Waals surface area (Å²) >= 11 is 0. The number of aromatic nitrogens is 2. The number of nitrogens with zero attached hydrogens (tertiary/aromatic N) is 3. The zero-order chi connectivity index (χ0) is 15.1. The lowest BCUT2D eigenvalue weighted by Gasteiger charge is -2.10. The number of hydrogen-bond donors (Lipinski definition) is 1. The van der Waals surface area contributed by atoms with Crippen LogP contribution in [0, 0.1) is 10.1 Å². The van der Waals surface area contributed by atoms with Crippen molar-refractivity contribution in [2.24, 2.45) is 0 Å². The largest absolute Gasteiger partial charge is 0.493 e. The molecule has 21 heavy (non-hydrogen) atoms. The second kappa shape index (κ2) is 7.28. The van der Waals surface area contributed by atoms with Crippen molar-refractivity contribution in [3.8, 4) is 5.75 Å². The van der Waals surface area contributed by atoms with Gasteiger partial charge >= 0.3 is 0 Å². The molecule has 1 aromatic carbocycles. The van der Waals surface area contributed by atoms with E-state index in [1.165, 1.54) is 12.1 Å². The van der Waals surface area contributed by atoms with E-state index in [2.05, 4.69) is 10.4 Å². The Morgan fingerprint density at radius 3 is 2.95 bits per heavy atom. The Kier molecular flexibility index (Phi) is 5.14. The quantitative estimate of drug-likeness (QED) is 0.597. The van der Waals surface area contributed by atoms with E-state index in [0.717, 1.165) is 6.42 Å². The van der Waals surface area contributed by atoms with Crippen LogP contribution in [0.25, 0.3) is 0 Å². The first kappa shape index (κ1) is 14.8. The summed E-state index contributed by atoms with van der Waals surface area (Å²) in [6.07, 6.45) is 4.43. The van der Waals surface area contributed by atoms with Gasteiger partial charge in [-0.25, -0.2) is 0 Å². The molecule has 0 aliphatic rings. The Bertz CT molecular complexity index is 584. The molecule has 0 spiro atoms. The van der Waals surface area contributed by atoms with E-state index in [1.807, 2.05) is 19.2 Å². The molecule has 0 aliphatic heterocycles. The third-order valence-electron chi connectivity index (χ3n) is 2.80. The minimum Gasteiger partial charge on any atom is -0.493 e. The number of rotatable bonds is 8. The number of ether oxygens (including phenoxy) is 1. The standard InChI is InChI=1S/C14H18N4O3/c1-2-8-21-14-10-12(9-13(11-14)18(19)20)15-5-7-17-6-3-4-16-17/h3-4,6,9-11,15H,2,5,7-8H2,1H3. The van der Waals surface area contributed by atoms with Crippen molar-refractivity contribution in [3.05, 3.63) is 46.8 Å². The lowest BCUT2D eigenvalue weighted by atomic mass is 10.2. The molecule has 0 bridgehead atoms. The molecule has 2 aromatic rings. The Hall–Kier alpha value is -2.57. The maximum Gasteiger partial charge on any atom is 0.275 e. The third kappa shape index (κ3) is 4.48. The van der Waals surface area contributed by atoms with E-state index >= 15 is 0 Å². The molecule has 112 valence electrons. The summed E-state index contributed by atoms with van der Waals surface area (Å²) in [5, 5.41) is 18.2. The van der Waals surface area contributed by atoms with Gasteiger partial charge in [0.25, 0.3) is 5.69 Å². The average Bonchev–Trinajstić information content (AvgIpc) is 2.98. The molecule has 1 N–H and O–H groups in total. The number of nitro groups is 1. The van der Waals surface area contributed by atoms with E-state index in [4.69, 9.17) is 4.74 Å². The van der Waals surface area contributed by atoms with Crippen molar-refractivity contribution in [3.63, 3.8) is 0 Å². The highest BCUT2D eigenvalue weighted by Crippen LogP contribution is 2.26. The van der Waals surface area contributed by atoms with Gasteiger partial charge in [-0.2, -0.15) is 5.10 Å². The molecule has 0 aliphatic carbocycles. The first-order valence-corrected chi connectivity index (χ1v) is 6.82. The molecule has 1 aromatic heterocycles. The maximum atomic E-state index is 10.9. The van der Waals surface area contributed by atoms with Gasteiger partial charge in [-0.3, -0.25) is 14.8 Å². The highest BCUT2D eigenvalue weighted by atomic mass is 16.6. The monoisotopic (exact) mass is 290 g/mol. The first-order chi connectivity index (χ1) is 10.2. The number of nitro benzene ring substituents is 1. The number of anilines is 1. The topological polar surface area (TPSA) is 82.2 Å². The molecule has 0 atom stereocenters. The Labute approximate surface area is 122 Å². The minimum atomic E-state index is -0.419. The molecule has 7 heteroatoms. The normalized spacial score (nSPS) is 10.3. The fourth-order valence-electron chi connectivity index (χ4n) is 1.84. The number of benzene rings is 1. The summed E-state index contributed by atoms with van der Waals surface area (Å²) in [5.41, 5.74) is 0.688. The molecule has 0 saturated carbocycles. The second-order valence-electron chi connectivity index (χ2n) is 4.52. The van der Waals surface area contributed by atoms with Crippen molar-refractivity contribution in [2.45, 2.75) is 19.9 Å². The van der Waals surface area contributed by atoms with E-state index in [-0.39, 0.29) is 5.69 Å².